The van der Waals surface area contributed by atoms with Crippen LogP contribution >= 0.6 is 0 Å². The number of hydrogen-bond donors (Lipinski definition) is 5. The molecule has 0 radical (unpaired) electrons. The molecule has 0 aliphatic carbocycles. The zero-order valence-corrected chi connectivity index (χ0v) is 9.32. The van der Waals surface area contributed by atoms with Crippen LogP contribution in [-0.2, 0) is 9.59 Å². The fourth-order valence-corrected chi connectivity index (χ4v) is 0.943. The van der Waals surface area contributed by atoms with Crippen molar-refractivity contribution >= 4 is 11.8 Å². The van der Waals surface area contributed by atoms with E-state index in [1.807, 2.05) is 0 Å². The number of rotatable bonds is 8. The Morgan fingerprint density at radius 1 is 1.38 bits per heavy atom. The van der Waals surface area contributed by atoms with Crippen molar-refractivity contribution in [2.45, 2.75) is 19.1 Å². The Bertz CT molecular complexity index is 275. The third kappa shape index (κ3) is 6.28. The monoisotopic (exact) mass is 229 g/mol. The van der Waals surface area contributed by atoms with Gasteiger partial charge in [0.15, 0.2) is 0 Å². The predicted molar refractivity (Wildman–Crippen MR) is 60.9 cm³/mol. The highest BCUT2D eigenvalue weighted by molar-refractivity contribution is 5.80. The molecule has 92 valence electrons. The molecule has 1 amide bonds. The second-order valence-corrected chi connectivity index (χ2v) is 3.47. The zero-order valence-electron chi connectivity index (χ0n) is 9.32. The molecule has 0 aromatic carbocycles. The van der Waals surface area contributed by atoms with Crippen LogP contribution in [-0.4, -0.2) is 43.7 Å². The Hall–Kier alpha value is -1.24. The summed E-state index contributed by atoms with van der Waals surface area (Å²) in [6.07, 6.45) is -0.665. The van der Waals surface area contributed by atoms with Gasteiger partial charge in [-0.05, 0) is 6.92 Å². The number of nitrogens with one attached hydrogen (secondary N) is 2. The van der Waals surface area contributed by atoms with E-state index < -0.39 is 18.1 Å². The Morgan fingerprint density at radius 3 is 2.50 bits per heavy atom. The van der Waals surface area contributed by atoms with Gasteiger partial charge in [-0.25, -0.2) is 4.79 Å². The number of nitrogens with two attached hydrogens (primary N) is 3. The van der Waals surface area contributed by atoms with Crippen LogP contribution in [0.1, 0.15) is 6.92 Å². The summed E-state index contributed by atoms with van der Waals surface area (Å²) in [5.41, 5.74) is 16.5. The average Bonchev–Trinajstić information content (AvgIpc) is 2.26. The van der Waals surface area contributed by atoms with E-state index in [1.165, 1.54) is 0 Å². The van der Waals surface area contributed by atoms with Gasteiger partial charge in [0.05, 0.1) is 6.17 Å². The van der Waals surface area contributed by atoms with Crippen LogP contribution in [0.25, 0.3) is 0 Å². The molecule has 0 rings (SSSR count). The molecule has 16 heavy (non-hydrogen) atoms. The normalized spacial score (nSPS) is 13.9. The summed E-state index contributed by atoms with van der Waals surface area (Å²) in [5.74, 6) is 1.13. The van der Waals surface area contributed by atoms with E-state index in [9.17, 15) is 9.59 Å². The maximum Gasteiger partial charge on any atom is 0.237 e. The van der Waals surface area contributed by atoms with Gasteiger partial charge in [0, 0.05) is 25.2 Å². The quantitative estimate of drug-likeness (QED) is 0.171. The summed E-state index contributed by atoms with van der Waals surface area (Å²) < 4.78 is 0. The van der Waals surface area contributed by atoms with Crippen molar-refractivity contribution in [2.24, 2.45) is 17.2 Å². The molecule has 0 aromatic heterocycles. The number of hydrogen-bond acceptors (Lipinski definition) is 6. The molecule has 0 bridgehead atoms. The van der Waals surface area contributed by atoms with Gasteiger partial charge in [-0.1, -0.05) is 0 Å². The van der Waals surface area contributed by atoms with E-state index in [0.717, 1.165) is 0 Å². The first kappa shape index (κ1) is 14.8. The summed E-state index contributed by atoms with van der Waals surface area (Å²) in [5, 5.41) is 5.82. The second kappa shape index (κ2) is 7.98. The zero-order chi connectivity index (χ0) is 12.6. The lowest BCUT2D eigenvalue weighted by atomic mass is 10.2. The maximum atomic E-state index is 10.7. The van der Waals surface area contributed by atoms with E-state index in [0.29, 0.717) is 25.2 Å². The Kier molecular flexibility index (Phi) is 7.36. The number of amides is 1. The molecule has 2 unspecified atom stereocenters. The minimum Gasteiger partial charge on any atom is -0.368 e. The van der Waals surface area contributed by atoms with Crippen molar-refractivity contribution in [3.05, 3.63) is 5.57 Å². The van der Waals surface area contributed by atoms with Gasteiger partial charge < -0.3 is 22.5 Å². The second-order valence-electron chi connectivity index (χ2n) is 3.47. The topological polar surface area (TPSA) is 136 Å². The van der Waals surface area contributed by atoms with Crippen LogP contribution < -0.4 is 27.8 Å². The molecule has 7 nitrogen and oxygen atoms in total. The number of carbonyl (C=O) groups is 1. The first-order valence-corrected chi connectivity index (χ1v) is 4.94. The summed E-state index contributed by atoms with van der Waals surface area (Å²) in [4.78, 5) is 20.8. The molecule has 0 aromatic rings. The fraction of sp³-hybridized carbons (Fsp3) is 0.667. The van der Waals surface area contributed by atoms with Crippen molar-refractivity contribution in [3.63, 3.8) is 0 Å². The molecule has 0 saturated heterocycles. The largest absolute Gasteiger partial charge is 0.368 e. The Labute approximate surface area is 94.4 Å². The highest BCUT2D eigenvalue weighted by Gasteiger charge is 2.17. The molecule has 7 heteroatoms. The maximum absolute atomic E-state index is 10.7. The summed E-state index contributed by atoms with van der Waals surface area (Å²) in [6.45, 7) is 3.27. The highest BCUT2D eigenvalue weighted by Crippen LogP contribution is 1.81. The van der Waals surface area contributed by atoms with Gasteiger partial charge in [-0.3, -0.25) is 10.1 Å². The SMILES string of the molecule is CC(=C=O)CNCCNC(N)C(N)C(N)=O. The van der Waals surface area contributed by atoms with Gasteiger partial charge in [-0.15, -0.1) is 0 Å². The molecule has 0 aliphatic rings. The lowest BCUT2D eigenvalue weighted by Gasteiger charge is -2.18. The summed E-state index contributed by atoms with van der Waals surface area (Å²) in [7, 11) is 0. The van der Waals surface area contributed by atoms with E-state index in [2.05, 4.69) is 10.6 Å². The van der Waals surface area contributed by atoms with Gasteiger partial charge in [0.2, 0.25) is 5.91 Å². The van der Waals surface area contributed by atoms with E-state index >= 15 is 0 Å². The molecular weight excluding hydrogens is 210 g/mol. The third-order valence-corrected chi connectivity index (χ3v) is 1.96. The summed E-state index contributed by atoms with van der Waals surface area (Å²) >= 11 is 0. The van der Waals surface area contributed by atoms with Crippen molar-refractivity contribution < 1.29 is 9.59 Å². The minimum absolute atomic E-state index is 0.474. The number of carbonyl (C=O) groups excluding carboxylic acids is 2. The first-order chi connectivity index (χ1) is 7.49. The van der Waals surface area contributed by atoms with Crippen LogP contribution in [0, 0.1) is 0 Å². The van der Waals surface area contributed by atoms with Crippen LogP contribution in [0.3, 0.4) is 0 Å². The van der Waals surface area contributed by atoms with Crippen molar-refractivity contribution in [3.8, 4) is 0 Å². The molecule has 0 aliphatic heterocycles. The summed E-state index contributed by atoms with van der Waals surface area (Å²) in [6, 6.07) is -0.906. The standard InChI is InChI=1S/C9H19N5O2/c1-6(5-15)4-13-2-3-14-8(11)7(10)9(12)16/h7-8,13-14H,2-4,10-11H2,1H3,(H2,12,16). The molecule has 0 heterocycles. The van der Waals surface area contributed by atoms with E-state index in [-0.39, 0.29) is 0 Å². The fourth-order valence-electron chi connectivity index (χ4n) is 0.943. The molecule has 2 atom stereocenters. The molecule has 0 saturated carbocycles. The Balaban J connectivity index is 3.59. The van der Waals surface area contributed by atoms with Crippen LogP contribution in [0.2, 0.25) is 0 Å². The smallest absolute Gasteiger partial charge is 0.237 e. The first-order valence-electron chi connectivity index (χ1n) is 4.94. The lowest BCUT2D eigenvalue weighted by molar-refractivity contribution is -0.119. The average molecular weight is 229 g/mol. The van der Waals surface area contributed by atoms with E-state index in [1.54, 1.807) is 12.9 Å². The molecule has 0 spiro atoms. The van der Waals surface area contributed by atoms with Crippen molar-refractivity contribution in [2.75, 3.05) is 19.6 Å². The van der Waals surface area contributed by atoms with Crippen LogP contribution in [0.15, 0.2) is 5.57 Å². The predicted octanol–water partition coefficient (Wildman–Crippen LogP) is -2.96. The number of primary amides is 1. The Morgan fingerprint density at radius 2 is 2.00 bits per heavy atom. The molecular formula is C9H19N5O2. The van der Waals surface area contributed by atoms with E-state index in [4.69, 9.17) is 17.2 Å². The highest BCUT2D eigenvalue weighted by atomic mass is 16.1. The van der Waals surface area contributed by atoms with Gasteiger partial charge in [0.25, 0.3) is 0 Å². The van der Waals surface area contributed by atoms with Crippen molar-refractivity contribution in [1.29, 1.82) is 0 Å². The van der Waals surface area contributed by atoms with Crippen LogP contribution in [0.5, 0.6) is 0 Å². The molecule has 0 fully saturated rings. The van der Waals surface area contributed by atoms with Gasteiger partial charge >= 0.3 is 0 Å². The van der Waals surface area contributed by atoms with Gasteiger partial charge in [-0.2, -0.15) is 0 Å². The minimum atomic E-state index is -0.906. The van der Waals surface area contributed by atoms with Gasteiger partial charge in [0.1, 0.15) is 12.0 Å². The van der Waals surface area contributed by atoms with Crippen molar-refractivity contribution in [1.82, 2.24) is 10.6 Å². The lowest BCUT2D eigenvalue weighted by Crippen LogP contribution is -2.58. The molecule has 8 N–H and O–H groups in total. The van der Waals surface area contributed by atoms with Crippen LogP contribution in [0.4, 0.5) is 0 Å². The third-order valence-electron chi connectivity index (χ3n) is 1.96.